The van der Waals surface area contributed by atoms with Crippen molar-refractivity contribution in [3.63, 3.8) is 0 Å². The summed E-state index contributed by atoms with van der Waals surface area (Å²) in [6.45, 7) is 3.92. The first-order valence-electron chi connectivity index (χ1n) is 8.29. The molecule has 1 heterocycles. The van der Waals surface area contributed by atoms with Crippen LogP contribution < -0.4 is 10.6 Å². The van der Waals surface area contributed by atoms with Gasteiger partial charge < -0.3 is 15.2 Å². The maximum atomic E-state index is 12.4. The largest absolute Gasteiger partial charge is 0.344 e. The Morgan fingerprint density at radius 3 is 2.33 bits per heavy atom. The van der Waals surface area contributed by atoms with Crippen LogP contribution in [0.5, 0.6) is 0 Å². The zero-order chi connectivity index (χ0) is 17.3. The average Bonchev–Trinajstić information content (AvgIpc) is 3.35. The first-order chi connectivity index (χ1) is 11.5. The van der Waals surface area contributed by atoms with Crippen LogP contribution >= 0.6 is 0 Å². The molecular weight excluding hydrogens is 302 g/mol. The van der Waals surface area contributed by atoms with Gasteiger partial charge in [-0.3, -0.25) is 9.59 Å². The smallest absolute Gasteiger partial charge is 0.268 e. The maximum Gasteiger partial charge on any atom is 0.268 e. The van der Waals surface area contributed by atoms with Gasteiger partial charge in [0.1, 0.15) is 5.69 Å². The number of hydrogen-bond donors (Lipinski definition) is 2. The van der Waals surface area contributed by atoms with Gasteiger partial charge >= 0.3 is 0 Å². The predicted molar refractivity (Wildman–Crippen MR) is 93.8 cm³/mol. The monoisotopic (exact) mass is 325 g/mol. The molecule has 126 valence electrons. The average molecular weight is 325 g/mol. The molecule has 1 aliphatic carbocycles. The minimum atomic E-state index is -0.110. The molecule has 0 radical (unpaired) electrons. The fourth-order valence-electron chi connectivity index (χ4n) is 2.64. The molecule has 0 unspecified atom stereocenters. The van der Waals surface area contributed by atoms with Crippen molar-refractivity contribution in [1.29, 1.82) is 0 Å². The van der Waals surface area contributed by atoms with Crippen LogP contribution in [0.1, 0.15) is 47.6 Å². The van der Waals surface area contributed by atoms with Gasteiger partial charge in [-0.25, -0.2) is 0 Å². The second-order valence-corrected chi connectivity index (χ2v) is 6.50. The molecule has 1 aromatic heterocycles. The van der Waals surface area contributed by atoms with Crippen molar-refractivity contribution in [2.75, 3.05) is 5.32 Å². The Labute approximate surface area is 142 Å². The molecule has 1 aromatic carbocycles. The minimum Gasteiger partial charge on any atom is -0.344 e. The summed E-state index contributed by atoms with van der Waals surface area (Å²) in [5.41, 5.74) is 3.49. The van der Waals surface area contributed by atoms with E-state index in [1.54, 1.807) is 0 Å². The van der Waals surface area contributed by atoms with E-state index in [0.29, 0.717) is 5.69 Å². The topological polar surface area (TPSA) is 63.1 Å². The highest BCUT2D eigenvalue weighted by atomic mass is 16.2. The number of benzene rings is 1. The summed E-state index contributed by atoms with van der Waals surface area (Å²) >= 11 is 0. The molecule has 0 spiro atoms. The molecule has 24 heavy (non-hydrogen) atoms. The van der Waals surface area contributed by atoms with Crippen LogP contribution in [0.3, 0.4) is 0 Å². The molecule has 0 aliphatic heterocycles. The Bertz CT molecular complexity index is 757. The number of carbonyl (C=O) groups is 2. The number of nitrogens with zero attached hydrogens (tertiary/aromatic N) is 1. The summed E-state index contributed by atoms with van der Waals surface area (Å²) in [5, 5.41) is 5.93. The predicted octanol–water partition coefficient (Wildman–Crippen LogP) is 3.17. The highest BCUT2D eigenvalue weighted by molar-refractivity contribution is 5.94. The molecular formula is C19H23N3O2. The van der Waals surface area contributed by atoms with Gasteiger partial charge in [-0.15, -0.1) is 0 Å². The Morgan fingerprint density at radius 2 is 1.79 bits per heavy atom. The van der Waals surface area contributed by atoms with Gasteiger partial charge in [-0.1, -0.05) is 12.1 Å². The van der Waals surface area contributed by atoms with Gasteiger partial charge in [-0.05, 0) is 56.5 Å². The maximum absolute atomic E-state index is 12.4. The molecule has 1 fully saturated rings. The van der Waals surface area contributed by atoms with E-state index in [0.717, 1.165) is 29.8 Å². The second-order valence-electron chi connectivity index (χ2n) is 6.50. The Hall–Kier alpha value is -2.56. The van der Waals surface area contributed by atoms with E-state index in [-0.39, 0.29) is 23.8 Å². The summed E-state index contributed by atoms with van der Waals surface area (Å²) in [7, 11) is 1.88. The van der Waals surface area contributed by atoms with Crippen LogP contribution in [0, 0.1) is 12.8 Å². The number of aromatic nitrogens is 1. The Balaban J connectivity index is 1.62. The third kappa shape index (κ3) is 3.50. The molecule has 5 heteroatoms. The molecule has 1 aliphatic rings. The van der Waals surface area contributed by atoms with Gasteiger partial charge in [0.05, 0.1) is 6.04 Å². The normalized spacial score (nSPS) is 15.0. The minimum absolute atomic E-state index is 0.0933. The summed E-state index contributed by atoms with van der Waals surface area (Å²) in [6, 6.07) is 11.3. The van der Waals surface area contributed by atoms with E-state index in [9.17, 15) is 9.59 Å². The van der Waals surface area contributed by atoms with E-state index in [2.05, 4.69) is 10.6 Å². The number of anilines is 1. The zero-order valence-corrected chi connectivity index (χ0v) is 14.3. The molecule has 3 rings (SSSR count). The molecule has 5 nitrogen and oxygen atoms in total. The Kier molecular flexibility index (Phi) is 4.42. The van der Waals surface area contributed by atoms with Crippen molar-refractivity contribution in [3.05, 3.63) is 53.3 Å². The number of aryl methyl sites for hydroxylation is 1. The standard InChI is InChI=1S/C19H23N3O2/c1-12-4-11-17(22(12)3)19(24)20-13(2)14-7-9-16(10-8-14)21-18(23)15-5-6-15/h4,7-11,13,15H,5-6H2,1-3H3,(H,20,24)(H,21,23)/t13-/m0/s1. The van der Waals surface area contributed by atoms with Crippen molar-refractivity contribution in [3.8, 4) is 0 Å². The second kappa shape index (κ2) is 6.51. The summed E-state index contributed by atoms with van der Waals surface area (Å²) < 4.78 is 1.87. The summed E-state index contributed by atoms with van der Waals surface area (Å²) in [4.78, 5) is 24.1. The first-order valence-corrected chi connectivity index (χ1v) is 8.29. The lowest BCUT2D eigenvalue weighted by Gasteiger charge is -2.15. The molecule has 1 atom stereocenters. The van der Waals surface area contributed by atoms with Crippen molar-refractivity contribution in [1.82, 2.24) is 9.88 Å². The highest BCUT2D eigenvalue weighted by Gasteiger charge is 2.29. The van der Waals surface area contributed by atoms with Gasteiger partial charge in [0.15, 0.2) is 0 Å². The molecule has 2 aromatic rings. The highest BCUT2D eigenvalue weighted by Crippen LogP contribution is 2.30. The quantitative estimate of drug-likeness (QED) is 0.887. The number of carbonyl (C=O) groups excluding carboxylic acids is 2. The van der Waals surface area contributed by atoms with E-state index in [1.165, 1.54) is 0 Å². The third-order valence-electron chi connectivity index (χ3n) is 4.58. The van der Waals surface area contributed by atoms with E-state index in [4.69, 9.17) is 0 Å². The summed E-state index contributed by atoms with van der Waals surface area (Å²) in [5.74, 6) is 0.198. The zero-order valence-electron chi connectivity index (χ0n) is 14.3. The van der Waals surface area contributed by atoms with Gasteiger partial charge in [-0.2, -0.15) is 0 Å². The lowest BCUT2D eigenvalue weighted by Crippen LogP contribution is -2.28. The molecule has 0 bridgehead atoms. The SMILES string of the molecule is Cc1ccc(C(=O)N[C@@H](C)c2ccc(NC(=O)C3CC3)cc2)n1C. The van der Waals surface area contributed by atoms with E-state index in [1.807, 2.05) is 61.9 Å². The third-order valence-corrected chi connectivity index (χ3v) is 4.58. The van der Waals surface area contributed by atoms with Crippen LogP contribution in [-0.4, -0.2) is 16.4 Å². The van der Waals surface area contributed by atoms with Crippen molar-refractivity contribution in [2.45, 2.75) is 32.7 Å². The molecule has 0 saturated heterocycles. The van der Waals surface area contributed by atoms with Crippen molar-refractivity contribution >= 4 is 17.5 Å². The van der Waals surface area contributed by atoms with Crippen LogP contribution in [0.25, 0.3) is 0 Å². The van der Waals surface area contributed by atoms with E-state index >= 15 is 0 Å². The number of amides is 2. The molecule has 2 amide bonds. The summed E-state index contributed by atoms with van der Waals surface area (Å²) in [6.07, 6.45) is 1.98. The molecule has 1 saturated carbocycles. The number of hydrogen-bond acceptors (Lipinski definition) is 2. The van der Waals surface area contributed by atoms with Crippen LogP contribution in [0.2, 0.25) is 0 Å². The lowest BCUT2D eigenvalue weighted by atomic mass is 10.1. The van der Waals surface area contributed by atoms with Crippen LogP contribution in [-0.2, 0) is 11.8 Å². The number of nitrogens with one attached hydrogen (secondary N) is 2. The Morgan fingerprint density at radius 1 is 1.12 bits per heavy atom. The molecule has 2 N–H and O–H groups in total. The lowest BCUT2D eigenvalue weighted by molar-refractivity contribution is -0.117. The van der Waals surface area contributed by atoms with Gasteiger partial charge in [0, 0.05) is 24.3 Å². The van der Waals surface area contributed by atoms with Crippen LogP contribution in [0.4, 0.5) is 5.69 Å². The first kappa shape index (κ1) is 16.3. The fourth-order valence-corrected chi connectivity index (χ4v) is 2.64. The van der Waals surface area contributed by atoms with Crippen molar-refractivity contribution < 1.29 is 9.59 Å². The fraction of sp³-hybridized carbons (Fsp3) is 0.368. The van der Waals surface area contributed by atoms with Gasteiger partial charge in [0.2, 0.25) is 5.91 Å². The van der Waals surface area contributed by atoms with E-state index < -0.39 is 0 Å². The van der Waals surface area contributed by atoms with Crippen molar-refractivity contribution in [2.24, 2.45) is 13.0 Å². The van der Waals surface area contributed by atoms with Crippen LogP contribution in [0.15, 0.2) is 36.4 Å². The number of rotatable bonds is 5. The van der Waals surface area contributed by atoms with Gasteiger partial charge in [0.25, 0.3) is 5.91 Å².